The molecular weight excluding hydrogens is 550 g/mol. The summed E-state index contributed by atoms with van der Waals surface area (Å²) in [6.45, 7) is 9.84. The number of benzene rings is 3. The first kappa shape index (κ1) is 29.4. The van der Waals surface area contributed by atoms with E-state index < -0.39 is 21.7 Å². The van der Waals surface area contributed by atoms with Gasteiger partial charge in [-0.05, 0) is 55.8 Å². The molecule has 0 aromatic heterocycles. The van der Waals surface area contributed by atoms with Crippen LogP contribution in [0.3, 0.4) is 0 Å². The number of halogens is 1. The smallest absolute Gasteiger partial charge is 0.280 e. The quantitative estimate of drug-likeness (QED) is 0.278. The highest BCUT2D eigenvalue weighted by Gasteiger charge is 2.31. The molecule has 9 nitrogen and oxygen atoms in total. The summed E-state index contributed by atoms with van der Waals surface area (Å²) < 4.78 is 33.2. The maximum atomic E-state index is 13.6. The minimum absolute atomic E-state index is 0.0442. The van der Waals surface area contributed by atoms with Gasteiger partial charge in [0.25, 0.3) is 5.91 Å². The maximum absolute atomic E-state index is 13.6. The highest BCUT2D eigenvalue weighted by molar-refractivity contribution is 7.90. The fourth-order valence-corrected chi connectivity index (χ4v) is 6.60. The van der Waals surface area contributed by atoms with Gasteiger partial charge in [0, 0.05) is 43.0 Å². The number of likely N-dealkylation sites (N-methyl/N-ethyl adjacent to an activating group) is 2. The molecule has 1 aliphatic rings. The van der Waals surface area contributed by atoms with E-state index in [2.05, 4.69) is 40.8 Å². The molecule has 0 aliphatic carbocycles. The van der Waals surface area contributed by atoms with Gasteiger partial charge in [-0.25, -0.2) is 8.42 Å². The van der Waals surface area contributed by atoms with Gasteiger partial charge < -0.3 is 21.1 Å². The molecular formula is C29H34ClN5O4S. The second-order valence-corrected chi connectivity index (χ2v) is 12.0. The van der Waals surface area contributed by atoms with Crippen molar-refractivity contribution in [1.29, 1.82) is 0 Å². The van der Waals surface area contributed by atoms with Crippen LogP contribution >= 0.6 is 11.6 Å². The summed E-state index contributed by atoms with van der Waals surface area (Å²) in [7, 11) is -3.90. The molecule has 0 unspecified atom stereocenters. The fraction of sp³-hybridized carbons (Fsp3) is 0.310. The maximum Gasteiger partial charge on any atom is 0.280 e. The number of hydrogen-bond acceptors (Lipinski definition) is 6. The number of guanidine groups is 1. The van der Waals surface area contributed by atoms with Crippen molar-refractivity contribution in [3.63, 3.8) is 0 Å². The van der Waals surface area contributed by atoms with Crippen molar-refractivity contribution >= 4 is 39.0 Å². The van der Waals surface area contributed by atoms with Crippen LogP contribution < -0.4 is 21.1 Å². The first-order valence-electron chi connectivity index (χ1n) is 13.0. The van der Waals surface area contributed by atoms with Gasteiger partial charge >= 0.3 is 0 Å². The summed E-state index contributed by atoms with van der Waals surface area (Å²) in [6, 6.07) is 16.7. The highest BCUT2D eigenvalue weighted by Crippen LogP contribution is 2.45. The Morgan fingerprint density at radius 1 is 1.02 bits per heavy atom. The summed E-state index contributed by atoms with van der Waals surface area (Å²) >= 11 is 6.71. The number of ether oxygens (including phenoxy) is 1. The first-order valence-corrected chi connectivity index (χ1v) is 15.1. The van der Waals surface area contributed by atoms with E-state index in [0.29, 0.717) is 22.7 Å². The lowest BCUT2D eigenvalue weighted by Crippen LogP contribution is -2.35. The van der Waals surface area contributed by atoms with Crippen molar-refractivity contribution < 1.29 is 17.9 Å². The minimum atomic E-state index is -3.90. The third-order valence-corrected chi connectivity index (χ3v) is 8.78. The molecule has 3 aromatic rings. The number of hydrogen-bond donors (Lipinski definition) is 2. The second kappa shape index (κ2) is 12.3. The molecule has 1 aliphatic heterocycles. The SMILES string of the molecule is CCN(CCN(CC)c1cc(Cl)c2c(c1)CS(=O)(=O)c1cc(C(=O)N=C(N)N)cc(C)c1O2)Cc1ccccc1. The third kappa shape index (κ3) is 6.57. The average Bonchev–Trinajstić information content (AvgIpc) is 3.02. The second-order valence-electron chi connectivity index (χ2n) is 9.67. The Labute approximate surface area is 240 Å². The molecule has 3 aromatic carbocycles. The molecule has 40 heavy (non-hydrogen) atoms. The first-order chi connectivity index (χ1) is 19.0. The number of fused-ring (bicyclic) bond motifs is 2. The van der Waals surface area contributed by atoms with Crippen molar-refractivity contribution in [2.45, 2.75) is 38.0 Å². The number of amides is 1. The van der Waals surface area contributed by atoms with E-state index in [1.807, 2.05) is 24.3 Å². The monoisotopic (exact) mass is 583 g/mol. The van der Waals surface area contributed by atoms with Crippen molar-refractivity contribution in [2.75, 3.05) is 31.1 Å². The Kier molecular flexibility index (Phi) is 9.02. The number of nitrogens with zero attached hydrogens (tertiary/aromatic N) is 3. The van der Waals surface area contributed by atoms with Gasteiger partial charge in [0.1, 0.15) is 16.4 Å². The largest absolute Gasteiger partial charge is 0.454 e. The van der Waals surface area contributed by atoms with Gasteiger partial charge in [-0.3, -0.25) is 9.69 Å². The molecule has 0 fully saturated rings. The lowest BCUT2D eigenvalue weighted by atomic mass is 10.1. The summed E-state index contributed by atoms with van der Waals surface area (Å²) in [5, 5.41) is 0.311. The standard InChI is InChI=1S/C29H34ClN5O4S/c1-4-34(17-20-9-7-6-8-10-20)11-12-35(5-2)23-14-22-18-40(37,38)25-15-21(28(36)33-29(31)32)13-19(3)26(25)39-27(22)24(30)16-23/h6-10,13-16H,4-5,11-12,17-18H2,1-3H3,(H4,31,32,33,36). The minimum Gasteiger partial charge on any atom is -0.454 e. The highest BCUT2D eigenvalue weighted by atomic mass is 35.5. The molecule has 1 amide bonds. The number of aryl methyl sites for hydroxylation is 1. The molecule has 1 heterocycles. The number of anilines is 1. The number of nitrogens with two attached hydrogens (primary N) is 2. The van der Waals surface area contributed by atoms with Crippen LogP contribution in [0.4, 0.5) is 5.69 Å². The lowest BCUT2D eigenvalue weighted by molar-refractivity contribution is 0.100. The Balaban J connectivity index is 1.62. The predicted octanol–water partition coefficient (Wildman–Crippen LogP) is 4.49. The van der Waals surface area contributed by atoms with Crippen molar-refractivity contribution in [1.82, 2.24) is 4.90 Å². The Morgan fingerprint density at radius 2 is 1.75 bits per heavy atom. The molecule has 0 radical (unpaired) electrons. The van der Waals surface area contributed by atoms with E-state index in [9.17, 15) is 13.2 Å². The molecule has 212 valence electrons. The van der Waals surface area contributed by atoms with Crippen LogP contribution in [0.15, 0.2) is 64.5 Å². The van der Waals surface area contributed by atoms with Crippen LogP contribution in [0.5, 0.6) is 11.5 Å². The van der Waals surface area contributed by atoms with Crippen LogP contribution in [0.1, 0.15) is 40.9 Å². The Bertz CT molecular complexity index is 1540. The normalized spacial score (nSPS) is 13.5. The zero-order valence-electron chi connectivity index (χ0n) is 22.9. The fourth-order valence-electron chi connectivity index (χ4n) is 4.75. The number of carbonyl (C=O) groups is 1. The Hall–Kier alpha value is -3.60. The molecule has 4 rings (SSSR count). The van der Waals surface area contributed by atoms with E-state index in [0.717, 1.165) is 31.9 Å². The van der Waals surface area contributed by atoms with Crippen molar-refractivity contribution in [3.05, 3.63) is 81.9 Å². The summed E-state index contributed by atoms with van der Waals surface area (Å²) in [5.41, 5.74) is 13.7. The van der Waals surface area contributed by atoms with Crippen molar-refractivity contribution in [2.24, 2.45) is 16.5 Å². The van der Waals surface area contributed by atoms with E-state index in [-0.39, 0.29) is 27.7 Å². The van der Waals surface area contributed by atoms with Gasteiger partial charge in [0.05, 0.1) is 10.8 Å². The van der Waals surface area contributed by atoms with Crippen LogP contribution in [0.2, 0.25) is 5.02 Å². The van der Waals surface area contributed by atoms with Gasteiger partial charge in [-0.15, -0.1) is 0 Å². The predicted molar refractivity (Wildman–Crippen MR) is 159 cm³/mol. The average molecular weight is 584 g/mol. The van der Waals surface area contributed by atoms with Gasteiger partial charge in [-0.1, -0.05) is 48.9 Å². The molecule has 0 bridgehead atoms. The van der Waals surface area contributed by atoms with Crippen molar-refractivity contribution in [3.8, 4) is 11.5 Å². The molecule has 0 atom stereocenters. The van der Waals surface area contributed by atoms with Gasteiger partial charge in [0.2, 0.25) is 0 Å². The van der Waals surface area contributed by atoms with Gasteiger partial charge in [-0.2, -0.15) is 4.99 Å². The van der Waals surface area contributed by atoms with Gasteiger partial charge in [0.15, 0.2) is 15.8 Å². The molecule has 4 N–H and O–H groups in total. The number of rotatable bonds is 9. The van der Waals surface area contributed by atoms with Crippen LogP contribution in [0, 0.1) is 6.92 Å². The number of aliphatic imine (C=N–C) groups is 1. The zero-order valence-corrected chi connectivity index (χ0v) is 24.4. The third-order valence-electron chi connectivity index (χ3n) is 6.84. The Morgan fingerprint density at radius 3 is 2.40 bits per heavy atom. The van der Waals surface area contributed by atoms with Crippen LogP contribution in [-0.2, 0) is 22.1 Å². The van der Waals surface area contributed by atoms with E-state index in [1.165, 1.54) is 17.7 Å². The van der Waals surface area contributed by atoms with E-state index >= 15 is 0 Å². The zero-order chi connectivity index (χ0) is 29.0. The molecule has 0 spiro atoms. The molecule has 0 saturated heterocycles. The van der Waals surface area contributed by atoms with E-state index in [4.69, 9.17) is 27.8 Å². The summed E-state index contributed by atoms with van der Waals surface area (Å²) in [6.07, 6.45) is 0. The van der Waals surface area contributed by atoms with Crippen LogP contribution in [-0.4, -0.2) is 51.4 Å². The summed E-state index contributed by atoms with van der Waals surface area (Å²) in [5.74, 6) is -1.08. The topological polar surface area (TPSA) is 131 Å². The number of sulfone groups is 1. The lowest BCUT2D eigenvalue weighted by Gasteiger charge is -2.28. The molecule has 0 saturated carbocycles. The molecule has 11 heteroatoms. The van der Waals surface area contributed by atoms with Crippen LogP contribution in [0.25, 0.3) is 0 Å². The number of carbonyl (C=O) groups excluding carboxylic acids is 1. The summed E-state index contributed by atoms with van der Waals surface area (Å²) in [4.78, 5) is 20.4. The van der Waals surface area contributed by atoms with E-state index in [1.54, 1.807) is 13.0 Å².